The first-order valence-corrected chi connectivity index (χ1v) is 9.80. The number of rotatable bonds is 7. The number of imidazole rings is 1. The molecule has 0 bridgehead atoms. The lowest BCUT2D eigenvalue weighted by atomic mass is 10.3. The Hall–Kier alpha value is -1.47. The Balaban J connectivity index is 2.75. The topological polar surface area (TPSA) is 81.4 Å². The number of aryl methyl sites for hydroxylation is 1. The molecule has 1 heterocycles. The summed E-state index contributed by atoms with van der Waals surface area (Å²) in [7, 11) is -1.17. The zero-order valence-electron chi connectivity index (χ0n) is 11.8. The first-order valence-electron chi connectivity index (χ1n) is 6.09. The molecule has 1 N–H and O–H groups in total. The number of nitrogens with zero attached hydrogens (tertiary/aromatic N) is 2. The van der Waals surface area contributed by atoms with Crippen LogP contribution in [0.1, 0.15) is 26.8 Å². The van der Waals surface area contributed by atoms with Gasteiger partial charge in [0.05, 0.1) is 0 Å². The van der Waals surface area contributed by atoms with Crippen molar-refractivity contribution < 1.29 is 19.4 Å². The molecule has 1 rings (SSSR count). The van der Waals surface area contributed by atoms with Gasteiger partial charge < -0.3 is 9.84 Å². The molecule has 106 valence electrons. The molecular formula is C12H20N2O4Si. The summed E-state index contributed by atoms with van der Waals surface area (Å²) in [6.45, 7) is 9.08. The van der Waals surface area contributed by atoms with Crippen molar-refractivity contribution in [3.63, 3.8) is 0 Å². The number of ether oxygens (including phenoxy) is 1. The third-order valence-electron chi connectivity index (χ3n) is 2.72. The summed E-state index contributed by atoms with van der Waals surface area (Å²) in [4.78, 5) is 25.8. The van der Waals surface area contributed by atoms with Crippen LogP contribution in [-0.2, 0) is 11.5 Å². The Kier molecular flexibility index (Phi) is 5.02. The molecule has 0 aromatic carbocycles. The summed E-state index contributed by atoms with van der Waals surface area (Å²) in [5, 5.41) is 9.11. The predicted molar refractivity (Wildman–Crippen MR) is 73.4 cm³/mol. The van der Waals surface area contributed by atoms with Crippen molar-refractivity contribution in [2.75, 3.05) is 6.61 Å². The van der Waals surface area contributed by atoms with Crippen LogP contribution in [0.3, 0.4) is 0 Å². The van der Waals surface area contributed by atoms with Gasteiger partial charge in [0.2, 0.25) is 0 Å². The predicted octanol–water partition coefficient (Wildman–Crippen LogP) is 2.01. The fourth-order valence-electron chi connectivity index (χ4n) is 1.59. The van der Waals surface area contributed by atoms with E-state index < -0.39 is 14.0 Å². The molecular weight excluding hydrogens is 264 g/mol. The zero-order chi connectivity index (χ0) is 14.6. The highest BCUT2D eigenvalue weighted by atomic mass is 28.3. The molecule has 6 nitrogen and oxygen atoms in total. The van der Waals surface area contributed by atoms with Crippen LogP contribution in [0.2, 0.25) is 25.7 Å². The molecule has 0 aliphatic heterocycles. The lowest BCUT2D eigenvalue weighted by molar-refractivity contribution is 0.0615. The van der Waals surface area contributed by atoms with Gasteiger partial charge in [0.25, 0.3) is 0 Å². The number of carbonyl (C=O) groups is 2. The number of aromatic nitrogens is 2. The Morgan fingerprint density at radius 3 is 2.58 bits per heavy atom. The summed E-state index contributed by atoms with van der Waals surface area (Å²) in [6.07, 6.45) is 0.453. The summed E-state index contributed by atoms with van der Waals surface area (Å²) in [6, 6.07) is 1.00. The first kappa shape index (κ1) is 15.6. The van der Waals surface area contributed by atoms with E-state index in [4.69, 9.17) is 9.84 Å². The average molecular weight is 284 g/mol. The van der Waals surface area contributed by atoms with Crippen LogP contribution in [0.5, 0.6) is 0 Å². The lowest BCUT2D eigenvalue weighted by Gasteiger charge is -2.16. The molecule has 0 saturated heterocycles. The van der Waals surface area contributed by atoms with Gasteiger partial charge in [0.15, 0.2) is 12.0 Å². The van der Waals surface area contributed by atoms with E-state index in [9.17, 15) is 9.59 Å². The minimum atomic E-state index is -1.17. The first-order chi connectivity index (χ1) is 8.76. The number of carboxylic acids is 1. The van der Waals surface area contributed by atoms with Crippen LogP contribution in [0.25, 0.3) is 0 Å². The SMILES string of the molecule is Cc1nc(C=O)c(C(=O)O)n1COCC[Si](C)(C)C. The number of hydrogen-bond acceptors (Lipinski definition) is 4. The highest BCUT2D eigenvalue weighted by molar-refractivity contribution is 6.76. The Bertz CT molecular complexity index is 477. The van der Waals surface area contributed by atoms with Gasteiger partial charge in [-0.25, -0.2) is 9.78 Å². The van der Waals surface area contributed by atoms with Crippen molar-refractivity contribution in [2.24, 2.45) is 0 Å². The maximum absolute atomic E-state index is 11.1. The van der Waals surface area contributed by atoms with Gasteiger partial charge in [0.1, 0.15) is 18.2 Å². The smallest absolute Gasteiger partial charge is 0.355 e. The van der Waals surface area contributed by atoms with Crippen LogP contribution in [-0.4, -0.2) is 41.6 Å². The van der Waals surface area contributed by atoms with E-state index in [-0.39, 0.29) is 18.1 Å². The summed E-state index contributed by atoms with van der Waals surface area (Å²) in [5.41, 5.74) is -0.167. The second-order valence-electron chi connectivity index (χ2n) is 5.59. The van der Waals surface area contributed by atoms with Crippen molar-refractivity contribution in [2.45, 2.75) is 39.3 Å². The standard InChI is InChI=1S/C12H20N2O4Si/c1-9-13-10(7-15)11(12(16)17)14(9)8-18-5-6-19(2,3)4/h7H,5-6,8H2,1-4H3,(H,16,17). The third-order valence-corrected chi connectivity index (χ3v) is 4.42. The van der Waals surface area contributed by atoms with Gasteiger partial charge in [-0.05, 0) is 13.0 Å². The molecule has 1 aromatic rings. The van der Waals surface area contributed by atoms with Crippen LogP contribution >= 0.6 is 0 Å². The Morgan fingerprint density at radius 1 is 1.47 bits per heavy atom. The van der Waals surface area contributed by atoms with E-state index in [0.29, 0.717) is 18.7 Å². The van der Waals surface area contributed by atoms with E-state index in [1.54, 1.807) is 6.92 Å². The van der Waals surface area contributed by atoms with Gasteiger partial charge in [-0.1, -0.05) is 19.6 Å². The Labute approximate surface area is 113 Å². The van der Waals surface area contributed by atoms with Gasteiger partial charge in [0, 0.05) is 14.7 Å². The highest BCUT2D eigenvalue weighted by Crippen LogP contribution is 2.12. The molecule has 0 amide bonds. The molecule has 0 spiro atoms. The van der Waals surface area contributed by atoms with Gasteiger partial charge >= 0.3 is 5.97 Å². The number of aldehydes is 1. The summed E-state index contributed by atoms with van der Waals surface area (Å²) >= 11 is 0. The van der Waals surface area contributed by atoms with Crippen molar-refractivity contribution >= 4 is 20.3 Å². The summed E-state index contributed by atoms with van der Waals surface area (Å²) < 4.78 is 6.92. The van der Waals surface area contributed by atoms with Crippen molar-refractivity contribution in [3.8, 4) is 0 Å². The van der Waals surface area contributed by atoms with E-state index in [0.717, 1.165) is 6.04 Å². The van der Waals surface area contributed by atoms with E-state index in [1.807, 2.05) is 0 Å². The number of carbonyl (C=O) groups excluding carboxylic acids is 1. The third kappa shape index (κ3) is 4.29. The number of aromatic carboxylic acids is 1. The van der Waals surface area contributed by atoms with E-state index in [2.05, 4.69) is 24.6 Å². The fourth-order valence-corrected chi connectivity index (χ4v) is 2.34. The van der Waals surface area contributed by atoms with E-state index in [1.165, 1.54) is 4.57 Å². The molecule has 0 fully saturated rings. The quantitative estimate of drug-likeness (QED) is 0.470. The maximum atomic E-state index is 11.1. The van der Waals surface area contributed by atoms with Crippen molar-refractivity contribution in [1.82, 2.24) is 9.55 Å². The Morgan fingerprint density at radius 2 is 2.11 bits per heavy atom. The minimum Gasteiger partial charge on any atom is -0.477 e. The molecule has 0 saturated carbocycles. The lowest BCUT2D eigenvalue weighted by Crippen LogP contribution is -2.22. The fraction of sp³-hybridized carbons (Fsp3) is 0.583. The summed E-state index contributed by atoms with van der Waals surface area (Å²) in [5.74, 6) is -0.705. The van der Waals surface area contributed by atoms with Gasteiger partial charge in [-0.2, -0.15) is 0 Å². The second-order valence-corrected chi connectivity index (χ2v) is 11.2. The molecule has 19 heavy (non-hydrogen) atoms. The number of hydrogen-bond donors (Lipinski definition) is 1. The maximum Gasteiger partial charge on any atom is 0.355 e. The van der Waals surface area contributed by atoms with Gasteiger partial charge in [-0.3, -0.25) is 9.36 Å². The molecule has 0 atom stereocenters. The minimum absolute atomic E-state index is 0.0567. The normalized spacial score (nSPS) is 11.6. The molecule has 0 aliphatic carbocycles. The molecule has 0 unspecified atom stereocenters. The average Bonchev–Trinajstić information content (AvgIpc) is 2.60. The van der Waals surface area contributed by atoms with Crippen LogP contribution in [0, 0.1) is 6.92 Å². The highest BCUT2D eigenvalue weighted by Gasteiger charge is 2.20. The van der Waals surface area contributed by atoms with Crippen LogP contribution in [0.15, 0.2) is 0 Å². The zero-order valence-corrected chi connectivity index (χ0v) is 12.8. The van der Waals surface area contributed by atoms with Crippen LogP contribution < -0.4 is 0 Å². The van der Waals surface area contributed by atoms with Crippen LogP contribution in [0.4, 0.5) is 0 Å². The largest absolute Gasteiger partial charge is 0.477 e. The monoisotopic (exact) mass is 284 g/mol. The van der Waals surface area contributed by atoms with Crippen molar-refractivity contribution in [1.29, 1.82) is 0 Å². The van der Waals surface area contributed by atoms with Gasteiger partial charge in [-0.15, -0.1) is 0 Å². The van der Waals surface area contributed by atoms with Crippen molar-refractivity contribution in [3.05, 3.63) is 17.2 Å². The number of carboxylic acid groups (broad SMARTS) is 1. The van der Waals surface area contributed by atoms with E-state index >= 15 is 0 Å². The molecule has 7 heteroatoms. The second kappa shape index (κ2) is 6.11. The molecule has 0 aliphatic rings. The molecule has 1 aromatic heterocycles. The molecule has 0 radical (unpaired) electrons.